The number of rotatable bonds is 8. The number of carbonyl (C=O) groups is 2. The summed E-state index contributed by atoms with van der Waals surface area (Å²) in [5.41, 5.74) is 2.20. The molecule has 0 unspecified atom stereocenters. The highest BCUT2D eigenvalue weighted by Gasteiger charge is 2.25. The molecule has 0 aliphatic carbocycles. The Hall–Kier alpha value is -2.27. The van der Waals surface area contributed by atoms with Crippen molar-refractivity contribution in [2.75, 3.05) is 12.8 Å². The van der Waals surface area contributed by atoms with E-state index in [1.807, 2.05) is 60.7 Å². The molecule has 2 rings (SSSR count). The van der Waals surface area contributed by atoms with Crippen molar-refractivity contribution >= 4 is 23.6 Å². The quantitative estimate of drug-likeness (QED) is 0.791. The van der Waals surface area contributed by atoms with Gasteiger partial charge in [0.25, 0.3) is 0 Å². The highest BCUT2D eigenvalue weighted by molar-refractivity contribution is 7.99. The van der Waals surface area contributed by atoms with Gasteiger partial charge < -0.3 is 10.2 Å². The molecule has 25 heavy (non-hydrogen) atoms. The predicted octanol–water partition coefficient (Wildman–Crippen LogP) is 3.08. The average molecular weight is 356 g/mol. The van der Waals surface area contributed by atoms with E-state index in [-0.39, 0.29) is 11.8 Å². The summed E-state index contributed by atoms with van der Waals surface area (Å²) in [6.07, 6.45) is 0. The Morgan fingerprint density at radius 3 is 2.12 bits per heavy atom. The highest BCUT2D eigenvalue weighted by atomic mass is 32.2. The van der Waals surface area contributed by atoms with Crippen molar-refractivity contribution in [2.24, 2.45) is 0 Å². The van der Waals surface area contributed by atoms with E-state index in [1.54, 1.807) is 30.6 Å². The molecular formula is C20H24N2O2S. The van der Waals surface area contributed by atoms with E-state index in [2.05, 4.69) is 5.32 Å². The minimum atomic E-state index is -0.505. The van der Waals surface area contributed by atoms with Crippen LogP contribution in [-0.4, -0.2) is 35.6 Å². The number of nitrogens with zero attached hydrogens (tertiary/aromatic N) is 1. The van der Waals surface area contributed by atoms with Crippen LogP contribution in [0.1, 0.15) is 18.1 Å². The van der Waals surface area contributed by atoms with E-state index in [1.165, 1.54) is 5.56 Å². The molecule has 0 saturated carbocycles. The number of likely N-dealkylation sites (N-methyl/N-ethyl adjacent to an activating group) is 1. The Labute approximate surface area is 153 Å². The zero-order valence-corrected chi connectivity index (χ0v) is 15.5. The molecule has 5 heteroatoms. The number of nitrogens with one attached hydrogen (secondary N) is 1. The van der Waals surface area contributed by atoms with Crippen molar-refractivity contribution in [3.63, 3.8) is 0 Å². The third-order valence-electron chi connectivity index (χ3n) is 3.95. The molecule has 0 spiro atoms. The number of amides is 2. The monoisotopic (exact) mass is 356 g/mol. The largest absolute Gasteiger partial charge is 0.357 e. The van der Waals surface area contributed by atoms with Gasteiger partial charge in [0.1, 0.15) is 6.04 Å². The van der Waals surface area contributed by atoms with Gasteiger partial charge in [0, 0.05) is 19.3 Å². The summed E-state index contributed by atoms with van der Waals surface area (Å²) in [7, 11) is 1.59. The molecule has 0 heterocycles. The molecule has 0 radical (unpaired) electrons. The SMILES string of the molecule is CNC(=O)[C@@H](C)N(Cc1ccccc1)C(=O)CSCc1ccccc1. The van der Waals surface area contributed by atoms with Gasteiger partial charge in [-0.3, -0.25) is 9.59 Å². The fourth-order valence-electron chi connectivity index (χ4n) is 2.48. The van der Waals surface area contributed by atoms with E-state index in [0.717, 1.165) is 11.3 Å². The summed E-state index contributed by atoms with van der Waals surface area (Å²) in [6.45, 7) is 2.20. The average Bonchev–Trinajstić information content (AvgIpc) is 2.66. The highest BCUT2D eigenvalue weighted by Crippen LogP contribution is 2.15. The smallest absolute Gasteiger partial charge is 0.242 e. The molecule has 132 valence electrons. The number of hydrogen-bond donors (Lipinski definition) is 1. The summed E-state index contributed by atoms with van der Waals surface area (Å²) in [6, 6.07) is 19.3. The Balaban J connectivity index is 2.00. The van der Waals surface area contributed by atoms with Gasteiger partial charge in [-0.05, 0) is 18.1 Å². The van der Waals surface area contributed by atoms with Gasteiger partial charge in [-0.1, -0.05) is 60.7 Å². The van der Waals surface area contributed by atoms with Gasteiger partial charge in [0.15, 0.2) is 0 Å². The molecule has 2 aromatic rings. The Morgan fingerprint density at radius 1 is 1.00 bits per heavy atom. The molecule has 0 fully saturated rings. The lowest BCUT2D eigenvalue weighted by Crippen LogP contribution is -2.47. The van der Waals surface area contributed by atoms with Crippen molar-refractivity contribution in [1.29, 1.82) is 0 Å². The lowest BCUT2D eigenvalue weighted by atomic mass is 10.1. The van der Waals surface area contributed by atoms with Gasteiger partial charge in [-0.25, -0.2) is 0 Å². The number of hydrogen-bond acceptors (Lipinski definition) is 3. The lowest BCUT2D eigenvalue weighted by Gasteiger charge is -2.28. The second-order valence-corrected chi connectivity index (χ2v) is 6.76. The lowest BCUT2D eigenvalue weighted by molar-refractivity contribution is -0.138. The summed E-state index contributed by atoms with van der Waals surface area (Å²) < 4.78 is 0. The Kier molecular flexibility index (Phi) is 7.54. The van der Waals surface area contributed by atoms with Gasteiger partial charge in [-0.15, -0.1) is 11.8 Å². The van der Waals surface area contributed by atoms with Crippen LogP contribution in [0.25, 0.3) is 0 Å². The molecule has 1 N–H and O–H groups in total. The van der Waals surface area contributed by atoms with Crippen LogP contribution in [0.3, 0.4) is 0 Å². The maximum absolute atomic E-state index is 12.7. The summed E-state index contributed by atoms with van der Waals surface area (Å²) >= 11 is 1.57. The van der Waals surface area contributed by atoms with Crippen LogP contribution in [0.15, 0.2) is 60.7 Å². The third kappa shape index (κ3) is 5.94. The zero-order chi connectivity index (χ0) is 18.1. The molecule has 0 aliphatic heterocycles. The second-order valence-electron chi connectivity index (χ2n) is 5.78. The van der Waals surface area contributed by atoms with Gasteiger partial charge in [-0.2, -0.15) is 0 Å². The van der Waals surface area contributed by atoms with Crippen LogP contribution >= 0.6 is 11.8 Å². The summed E-state index contributed by atoms with van der Waals surface area (Å²) in [5, 5.41) is 2.63. The molecule has 0 aromatic heterocycles. The van der Waals surface area contributed by atoms with Crippen LogP contribution in [0.4, 0.5) is 0 Å². The van der Waals surface area contributed by atoms with E-state index in [0.29, 0.717) is 12.3 Å². The maximum atomic E-state index is 12.7. The van der Waals surface area contributed by atoms with Crippen LogP contribution in [0.5, 0.6) is 0 Å². The summed E-state index contributed by atoms with van der Waals surface area (Å²) in [4.78, 5) is 26.4. The predicted molar refractivity (Wildman–Crippen MR) is 103 cm³/mol. The molecule has 4 nitrogen and oxygen atoms in total. The van der Waals surface area contributed by atoms with Crippen LogP contribution < -0.4 is 5.32 Å². The van der Waals surface area contributed by atoms with Crippen molar-refractivity contribution in [3.05, 3.63) is 71.8 Å². The van der Waals surface area contributed by atoms with Crippen LogP contribution in [0, 0.1) is 0 Å². The fourth-order valence-corrected chi connectivity index (χ4v) is 3.36. The fraction of sp³-hybridized carbons (Fsp3) is 0.300. The number of benzene rings is 2. The van der Waals surface area contributed by atoms with E-state index < -0.39 is 6.04 Å². The first-order valence-electron chi connectivity index (χ1n) is 8.28. The van der Waals surface area contributed by atoms with Crippen molar-refractivity contribution in [1.82, 2.24) is 10.2 Å². The van der Waals surface area contributed by atoms with E-state index in [4.69, 9.17) is 0 Å². The van der Waals surface area contributed by atoms with Gasteiger partial charge in [0.05, 0.1) is 5.75 Å². The van der Waals surface area contributed by atoms with Crippen molar-refractivity contribution < 1.29 is 9.59 Å². The topological polar surface area (TPSA) is 49.4 Å². The normalized spacial score (nSPS) is 11.6. The second kappa shape index (κ2) is 9.89. The van der Waals surface area contributed by atoms with E-state index >= 15 is 0 Å². The number of thioether (sulfide) groups is 1. The molecule has 1 atom stereocenters. The molecule has 2 aromatic carbocycles. The zero-order valence-electron chi connectivity index (χ0n) is 14.6. The molecule has 0 saturated heterocycles. The molecule has 2 amide bonds. The molecule has 0 bridgehead atoms. The van der Waals surface area contributed by atoms with E-state index in [9.17, 15) is 9.59 Å². The Bertz CT molecular complexity index is 677. The standard InChI is InChI=1S/C20H24N2O2S/c1-16(20(24)21-2)22(13-17-9-5-3-6-10-17)19(23)15-25-14-18-11-7-4-8-12-18/h3-12,16H,13-15H2,1-2H3,(H,21,24)/t16-/m1/s1. The molecular weight excluding hydrogens is 332 g/mol. The number of carbonyl (C=O) groups excluding carboxylic acids is 2. The molecule has 0 aliphatic rings. The van der Waals surface area contributed by atoms with Crippen molar-refractivity contribution in [2.45, 2.75) is 25.3 Å². The maximum Gasteiger partial charge on any atom is 0.242 e. The first kappa shape index (κ1) is 19.1. The van der Waals surface area contributed by atoms with Gasteiger partial charge >= 0.3 is 0 Å². The van der Waals surface area contributed by atoms with Crippen molar-refractivity contribution in [3.8, 4) is 0 Å². The minimum absolute atomic E-state index is 0.0270. The first-order valence-corrected chi connectivity index (χ1v) is 9.44. The van der Waals surface area contributed by atoms with Gasteiger partial charge in [0.2, 0.25) is 11.8 Å². The minimum Gasteiger partial charge on any atom is -0.357 e. The summed E-state index contributed by atoms with van der Waals surface area (Å²) in [5.74, 6) is 0.946. The van der Waals surface area contributed by atoms with Crippen LogP contribution in [0.2, 0.25) is 0 Å². The Morgan fingerprint density at radius 2 is 1.56 bits per heavy atom. The van der Waals surface area contributed by atoms with Crippen LogP contribution in [-0.2, 0) is 21.9 Å². The third-order valence-corrected chi connectivity index (χ3v) is 4.94. The first-order chi connectivity index (χ1) is 12.1.